The number of unbranched alkanes of at least 4 members (excludes halogenated alkanes) is 1. The average Bonchev–Trinajstić information content (AvgIpc) is 3.26. The number of piperazine rings is 1. The molecule has 1 saturated heterocycles. The maximum Gasteiger partial charge on any atom is 0.0669 e. The van der Waals surface area contributed by atoms with E-state index in [-0.39, 0.29) is 6.04 Å². The van der Waals surface area contributed by atoms with Gasteiger partial charge in [-0.3, -0.25) is 15.2 Å². The molecule has 0 aliphatic carbocycles. The van der Waals surface area contributed by atoms with Gasteiger partial charge in [0.2, 0.25) is 0 Å². The number of benzene rings is 2. The second kappa shape index (κ2) is 8.70. The number of anilines is 2. The van der Waals surface area contributed by atoms with Crippen LogP contribution >= 0.6 is 0 Å². The highest BCUT2D eigenvalue weighted by molar-refractivity contribution is 5.83. The van der Waals surface area contributed by atoms with Crippen molar-refractivity contribution in [2.24, 2.45) is 0 Å². The van der Waals surface area contributed by atoms with Gasteiger partial charge in [0.25, 0.3) is 0 Å². The van der Waals surface area contributed by atoms with E-state index in [1.165, 1.54) is 46.6 Å². The first kappa shape index (κ1) is 19.5. The molecule has 30 heavy (non-hydrogen) atoms. The monoisotopic (exact) mass is 404 g/mol. The van der Waals surface area contributed by atoms with Crippen LogP contribution in [0.15, 0.2) is 54.7 Å². The Balaban J connectivity index is 1.05. The van der Waals surface area contributed by atoms with Crippen molar-refractivity contribution in [2.75, 3.05) is 42.7 Å². The third-order valence-electron chi connectivity index (χ3n) is 6.87. The number of para-hydroxylation sites is 1. The van der Waals surface area contributed by atoms with E-state index in [0.29, 0.717) is 0 Å². The summed E-state index contributed by atoms with van der Waals surface area (Å²) < 4.78 is 0. The molecule has 1 atom stereocenters. The molecule has 2 aliphatic rings. The molecule has 0 radical (unpaired) electrons. The molecule has 0 bridgehead atoms. The topological polar surface area (TPSA) is 45.7 Å². The van der Waals surface area contributed by atoms with Gasteiger partial charge in [0.1, 0.15) is 0 Å². The highest BCUT2D eigenvalue weighted by Gasteiger charge is 2.24. The molecule has 5 rings (SSSR count). The fraction of sp³-hybridized carbons (Fsp3) is 0.440. The quantitative estimate of drug-likeness (QED) is 0.586. The molecular weight excluding hydrogens is 372 g/mol. The van der Waals surface area contributed by atoms with E-state index in [0.717, 1.165) is 51.1 Å². The van der Waals surface area contributed by atoms with E-state index in [1.807, 2.05) is 18.3 Å². The van der Waals surface area contributed by atoms with Crippen LogP contribution in [-0.4, -0.2) is 53.9 Å². The molecule has 2 aromatic carbocycles. The molecule has 0 amide bonds. The lowest BCUT2D eigenvalue weighted by molar-refractivity contribution is 0.191. The summed E-state index contributed by atoms with van der Waals surface area (Å²) in [7, 11) is 0. The molecule has 0 saturated carbocycles. The van der Waals surface area contributed by atoms with E-state index in [9.17, 15) is 5.21 Å². The lowest BCUT2D eigenvalue weighted by Gasteiger charge is -2.36. The number of nitrogens with one attached hydrogen (secondary N) is 1. The Morgan fingerprint density at radius 1 is 0.967 bits per heavy atom. The van der Waals surface area contributed by atoms with Crippen LogP contribution in [0.4, 0.5) is 11.4 Å². The van der Waals surface area contributed by atoms with Gasteiger partial charge in [-0.05, 0) is 68.1 Å². The van der Waals surface area contributed by atoms with E-state index < -0.39 is 0 Å². The van der Waals surface area contributed by atoms with Gasteiger partial charge in [0.15, 0.2) is 0 Å². The molecule has 2 aliphatic heterocycles. The van der Waals surface area contributed by atoms with Gasteiger partial charge in [-0.2, -0.15) is 0 Å². The van der Waals surface area contributed by atoms with Crippen molar-refractivity contribution < 1.29 is 5.21 Å². The van der Waals surface area contributed by atoms with Gasteiger partial charge in [-0.15, -0.1) is 0 Å². The maximum atomic E-state index is 10.6. The summed E-state index contributed by atoms with van der Waals surface area (Å²) in [4.78, 5) is 8.37. The Kier molecular flexibility index (Phi) is 5.65. The van der Waals surface area contributed by atoms with Crippen LogP contribution in [0, 0.1) is 0 Å². The van der Waals surface area contributed by atoms with Crippen LogP contribution in [0.5, 0.6) is 0 Å². The predicted octanol–water partition coefficient (Wildman–Crippen LogP) is 4.67. The first-order chi connectivity index (χ1) is 14.8. The number of hydrogen-bond donors (Lipinski definition) is 2. The molecule has 1 aromatic heterocycles. The minimum atomic E-state index is 0.264. The summed E-state index contributed by atoms with van der Waals surface area (Å²) >= 11 is 0. The standard InChI is InChI=1S/C25H32N4O/c30-29-22(9-8-20-5-1-2-7-25(20)29)6-3-4-14-27-15-17-28(18-16-27)23-10-11-24-21(19-23)12-13-26-24/h1-2,5,7,10-13,19,22,26,30H,3-4,6,8-9,14-18H2. The van der Waals surface area contributed by atoms with Gasteiger partial charge >= 0.3 is 0 Å². The number of hydrogen-bond acceptors (Lipinski definition) is 4. The van der Waals surface area contributed by atoms with Crippen LogP contribution in [0.3, 0.4) is 0 Å². The minimum absolute atomic E-state index is 0.264. The molecular formula is C25H32N4O. The highest BCUT2D eigenvalue weighted by atomic mass is 16.5. The van der Waals surface area contributed by atoms with Gasteiger partial charge < -0.3 is 9.88 Å². The van der Waals surface area contributed by atoms with Gasteiger partial charge in [-0.1, -0.05) is 24.6 Å². The number of aromatic nitrogens is 1. The van der Waals surface area contributed by atoms with E-state index in [1.54, 1.807) is 0 Å². The summed E-state index contributed by atoms with van der Waals surface area (Å²) in [5.41, 5.74) is 4.81. The zero-order valence-electron chi connectivity index (χ0n) is 17.6. The number of rotatable bonds is 6. The van der Waals surface area contributed by atoms with Crippen molar-refractivity contribution in [2.45, 2.75) is 38.1 Å². The Bertz CT molecular complexity index is 976. The normalized spacial score (nSPS) is 20.0. The summed E-state index contributed by atoms with van der Waals surface area (Å²) in [5, 5.41) is 13.4. The average molecular weight is 405 g/mol. The second-order valence-corrected chi connectivity index (χ2v) is 8.74. The minimum Gasteiger partial charge on any atom is -0.369 e. The summed E-state index contributed by atoms with van der Waals surface area (Å²) in [5.74, 6) is 0. The number of hydroxylamine groups is 1. The number of nitrogens with zero attached hydrogens (tertiary/aromatic N) is 3. The third-order valence-corrected chi connectivity index (χ3v) is 6.87. The summed E-state index contributed by atoms with van der Waals surface area (Å²) in [6, 6.07) is 17.4. The predicted molar refractivity (Wildman–Crippen MR) is 124 cm³/mol. The van der Waals surface area contributed by atoms with E-state index in [2.05, 4.69) is 51.2 Å². The van der Waals surface area contributed by atoms with Crippen molar-refractivity contribution in [3.8, 4) is 0 Å². The van der Waals surface area contributed by atoms with Crippen molar-refractivity contribution in [3.63, 3.8) is 0 Å². The summed E-state index contributed by atoms with van der Waals surface area (Å²) in [6.07, 6.45) is 7.59. The molecule has 0 spiro atoms. The lowest BCUT2D eigenvalue weighted by atomic mass is 9.94. The largest absolute Gasteiger partial charge is 0.369 e. The Morgan fingerprint density at radius 2 is 1.83 bits per heavy atom. The first-order valence-electron chi connectivity index (χ1n) is 11.4. The first-order valence-corrected chi connectivity index (χ1v) is 11.4. The Morgan fingerprint density at radius 3 is 2.73 bits per heavy atom. The number of fused-ring (bicyclic) bond motifs is 2. The fourth-order valence-electron chi connectivity index (χ4n) is 5.04. The molecule has 3 heterocycles. The van der Waals surface area contributed by atoms with Crippen LogP contribution in [0.2, 0.25) is 0 Å². The van der Waals surface area contributed by atoms with Crippen LogP contribution < -0.4 is 9.96 Å². The van der Waals surface area contributed by atoms with Crippen LogP contribution in [0.25, 0.3) is 10.9 Å². The Hall–Kier alpha value is -2.50. The Labute approximate surface area is 178 Å². The van der Waals surface area contributed by atoms with E-state index >= 15 is 0 Å². The molecule has 1 unspecified atom stereocenters. The highest BCUT2D eigenvalue weighted by Crippen LogP contribution is 2.31. The van der Waals surface area contributed by atoms with Gasteiger partial charge in [-0.25, -0.2) is 0 Å². The van der Waals surface area contributed by atoms with Gasteiger partial charge in [0.05, 0.1) is 11.7 Å². The van der Waals surface area contributed by atoms with Crippen molar-refractivity contribution >= 4 is 22.3 Å². The molecule has 1 fully saturated rings. The smallest absolute Gasteiger partial charge is 0.0669 e. The molecule has 3 aromatic rings. The van der Waals surface area contributed by atoms with Crippen molar-refractivity contribution in [3.05, 3.63) is 60.3 Å². The lowest BCUT2D eigenvalue weighted by Crippen LogP contribution is -2.46. The molecule has 2 N–H and O–H groups in total. The second-order valence-electron chi connectivity index (χ2n) is 8.74. The molecule has 158 valence electrons. The maximum absolute atomic E-state index is 10.6. The van der Waals surface area contributed by atoms with Crippen molar-refractivity contribution in [1.29, 1.82) is 0 Å². The zero-order chi connectivity index (χ0) is 20.3. The van der Waals surface area contributed by atoms with Crippen LogP contribution in [-0.2, 0) is 6.42 Å². The zero-order valence-corrected chi connectivity index (χ0v) is 17.6. The third kappa shape index (κ3) is 4.05. The fourth-order valence-corrected chi connectivity index (χ4v) is 5.04. The van der Waals surface area contributed by atoms with E-state index in [4.69, 9.17) is 0 Å². The number of H-pyrrole nitrogens is 1. The number of aromatic amines is 1. The summed E-state index contributed by atoms with van der Waals surface area (Å²) in [6.45, 7) is 5.63. The SMILES string of the molecule is ON1c2ccccc2CCC1CCCCN1CCN(c2ccc3[nH]ccc3c2)CC1. The molecule has 5 heteroatoms. The van der Waals surface area contributed by atoms with Crippen LogP contribution in [0.1, 0.15) is 31.2 Å². The van der Waals surface area contributed by atoms with Crippen molar-refractivity contribution in [1.82, 2.24) is 9.88 Å². The molecule has 5 nitrogen and oxygen atoms in total. The number of aryl methyl sites for hydroxylation is 1. The van der Waals surface area contributed by atoms with Gasteiger partial charge in [0, 0.05) is 49.0 Å².